The minimum Gasteiger partial charge on any atom is -0.361 e. The van der Waals surface area contributed by atoms with Crippen LogP contribution in [0.25, 0.3) is 0 Å². The Balaban J connectivity index is 1.75. The fourth-order valence-electron chi connectivity index (χ4n) is 3.84. The van der Waals surface area contributed by atoms with Gasteiger partial charge >= 0.3 is 0 Å². The minimum absolute atomic E-state index is 0.0262. The van der Waals surface area contributed by atoms with E-state index in [1.54, 1.807) is 0 Å². The van der Waals surface area contributed by atoms with E-state index < -0.39 is 7.14 Å². The Labute approximate surface area is 95.4 Å². The molecule has 4 rings (SSSR count). The molecule has 0 N–H and O–H groups in total. The van der Waals surface area contributed by atoms with Crippen molar-refractivity contribution in [1.29, 1.82) is 0 Å². The van der Waals surface area contributed by atoms with E-state index in [0.717, 1.165) is 30.5 Å². The van der Waals surface area contributed by atoms with Crippen molar-refractivity contribution in [3.63, 3.8) is 0 Å². The van der Waals surface area contributed by atoms with Gasteiger partial charge in [0.05, 0.1) is 0 Å². The second-order valence-electron chi connectivity index (χ2n) is 5.49. The van der Waals surface area contributed by atoms with Gasteiger partial charge in [0.25, 0.3) is 0 Å². The average Bonchev–Trinajstić information content (AvgIpc) is 2.62. The van der Waals surface area contributed by atoms with E-state index in [4.69, 9.17) is 4.74 Å². The van der Waals surface area contributed by atoms with E-state index in [1.807, 2.05) is 30.3 Å². The van der Waals surface area contributed by atoms with Crippen LogP contribution >= 0.6 is 7.14 Å². The number of ether oxygens (including phenoxy) is 1. The molecule has 2 nitrogen and oxygen atoms in total. The third-order valence-corrected chi connectivity index (χ3v) is 7.87. The monoisotopic (exact) mass is 234 g/mol. The zero-order valence-corrected chi connectivity index (χ0v) is 10.1. The van der Waals surface area contributed by atoms with Crippen molar-refractivity contribution in [3.05, 3.63) is 30.3 Å². The van der Waals surface area contributed by atoms with E-state index in [2.05, 4.69) is 0 Å². The molecule has 0 spiro atoms. The van der Waals surface area contributed by atoms with Crippen LogP contribution in [0.4, 0.5) is 0 Å². The van der Waals surface area contributed by atoms with Crippen LogP contribution in [0.3, 0.4) is 0 Å². The summed E-state index contributed by atoms with van der Waals surface area (Å²) in [5, 5.41) is 1.06. The van der Waals surface area contributed by atoms with Gasteiger partial charge in [-0.3, -0.25) is 0 Å². The Morgan fingerprint density at radius 2 is 1.69 bits per heavy atom. The predicted molar refractivity (Wildman–Crippen MR) is 63.8 cm³/mol. The number of hydrogen-bond acceptors (Lipinski definition) is 2. The molecule has 16 heavy (non-hydrogen) atoms. The highest BCUT2D eigenvalue weighted by atomic mass is 31.2. The standard InChI is InChI=1S/C13H15O2P/c14-16(11-5-2-1-3-6-11)9-12-7-4-8-13(12,10-16)15-12/h1-3,5-6H,4,7-10H2/t12-,13+,16?. The van der Waals surface area contributed by atoms with Gasteiger partial charge in [0.15, 0.2) is 0 Å². The second kappa shape index (κ2) is 2.63. The summed E-state index contributed by atoms with van der Waals surface area (Å²) in [5.41, 5.74) is 0.0523. The van der Waals surface area contributed by atoms with Gasteiger partial charge in [0, 0.05) is 17.6 Å². The third kappa shape index (κ3) is 0.959. The molecule has 0 aromatic heterocycles. The van der Waals surface area contributed by atoms with Crippen molar-refractivity contribution < 1.29 is 9.30 Å². The molecule has 3 atom stereocenters. The van der Waals surface area contributed by atoms with E-state index in [0.29, 0.717) is 0 Å². The Kier molecular flexibility index (Phi) is 1.55. The lowest BCUT2D eigenvalue weighted by Crippen LogP contribution is -2.16. The second-order valence-corrected chi connectivity index (χ2v) is 8.41. The van der Waals surface area contributed by atoms with Crippen LogP contribution < -0.4 is 5.30 Å². The van der Waals surface area contributed by atoms with Crippen LogP contribution in [0.2, 0.25) is 0 Å². The average molecular weight is 234 g/mol. The van der Waals surface area contributed by atoms with Crippen LogP contribution in [-0.2, 0) is 9.30 Å². The van der Waals surface area contributed by atoms with Crippen molar-refractivity contribution in [1.82, 2.24) is 0 Å². The first-order valence-corrected chi connectivity index (χ1v) is 8.10. The van der Waals surface area contributed by atoms with Crippen LogP contribution in [0.5, 0.6) is 0 Å². The molecule has 3 aliphatic rings. The molecular weight excluding hydrogens is 219 g/mol. The molecule has 2 aliphatic heterocycles. The summed E-state index contributed by atoms with van der Waals surface area (Å²) >= 11 is 0. The summed E-state index contributed by atoms with van der Waals surface area (Å²) < 4.78 is 18.9. The minimum atomic E-state index is -2.15. The summed E-state index contributed by atoms with van der Waals surface area (Å²) in [5.74, 6) is 0. The molecular formula is C13H15O2P. The summed E-state index contributed by atoms with van der Waals surface area (Å²) in [4.78, 5) is 0. The highest BCUT2D eigenvalue weighted by molar-refractivity contribution is 7.72. The van der Waals surface area contributed by atoms with E-state index >= 15 is 0 Å². The van der Waals surface area contributed by atoms with E-state index in [1.165, 1.54) is 6.42 Å². The quantitative estimate of drug-likeness (QED) is 0.551. The van der Waals surface area contributed by atoms with Crippen LogP contribution in [0.1, 0.15) is 19.3 Å². The Morgan fingerprint density at radius 1 is 1.06 bits per heavy atom. The fraction of sp³-hybridized carbons (Fsp3) is 0.538. The lowest BCUT2D eigenvalue weighted by atomic mass is 10.0. The van der Waals surface area contributed by atoms with Gasteiger partial charge < -0.3 is 9.30 Å². The predicted octanol–water partition coefficient (Wildman–Crippen LogP) is 2.38. The number of epoxide rings is 1. The first-order chi connectivity index (χ1) is 7.68. The lowest BCUT2D eigenvalue weighted by Gasteiger charge is -2.19. The number of hydrogen-bond donors (Lipinski definition) is 0. The summed E-state index contributed by atoms with van der Waals surface area (Å²) in [6.07, 6.45) is 5.11. The normalized spacial score (nSPS) is 48.8. The van der Waals surface area contributed by atoms with Crippen molar-refractivity contribution in [2.75, 3.05) is 12.3 Å². The molecule has 1 saturated carbocycles. The van der Waals surface area contributed by atoms with E-state index in [9.17, 15) is 4.57 Å². The fourth-order valence-corrected chi connectivity index (χ4v) is 7.70. The lowest BCUT2D eigenvalue weighted by molar-refractivity contribution is 0.226. The topological polar surface area (TPSA) is 29.6 Å². The van der Waals surface area contributed by atoms with Gasteiger partial charge in [0.2, 0.25) is 0 Å². The van der Waals surface area contributed by atoms with Gasteiger partial charge in [-0.05, 0) is 19.3 Å². The van der Waals surface area contributed by atoms with Crippen molar-refractivity contribution in [3.8, 4) is 0 Å². The molecule has 2 saturated heterocycles. The van der Waals surface area contributed by atoms with Gasteiger partial charge in [0.1, 0.15) is 18.3 Å². The zero-order valence-electron chi connectivity index (χ0n) is 9.19. The van der Waals surface area contributed by atoms with Crippen LogP contribution in [0.15, 0.2) is 30.3 Å². The Hall–Kier alpha value is -0.590. The summed E-state index contributed by atoms with van der Waals surface area (Å²) in [6.45, 7) is 0. The highest BCUT2D eigenvalue weighted by Crippen LogP contribution is 2.75. The smallest absolute Gasteiger partial charge is 0.121 e. The van der Waals surface area contributed by atoms with Crippen LogP contribution in [0, 0.1) is 0 Å². The maximum absolute atomic E-state index is 13.0. The third-order valence-electron chi connectivity index (χ3n) is 4.59. The number of benzene rings is 1. The first-order valence-electron chi connectivity index (χ1n) is 6.02. The van der Waals surface area contributed by atoms with Crippen molar-refractivity contribution >= 4 is 12.4 Å². The van der Waals surface area contributed by atoms with Gasteiger partial charge in [-0.15, -0.1) is 0 Å². The molecule has 1 aromatic carbocycles. The van der Waals surface area contributed by atoms with Crippen LogP contribution in [-0.4, -0.2) is 23.5 Å². The molecule has 3 heteroatoms. The molecule has 0 bridgehead atoms. The Bertz CT molecular complexity index is 468. The molecule has 1 aliphatic carbocycles. The number of rotatable bonds is 1. The molecule has 2 heterocycles. The SMILES string of the molecule is O=P1(c2ccccc2)C[C@]23CCC[C@@]2(C1)O3. The van der Waals surface area contributed by atoms with Gasteiger partial charge in [-0.2, -0.15) is 0 Å². The Morgan fingerprint density at radius 3 is 2.31 bits per heavy atom. The van der Waals surface area contributed by atoms with Crippen molar-refractivity contribution in [2.45, 2.75) is 30.5 Å². The first kappa shape index (κ1) is 9.44. The van der Waals surface area contributed by atoms with E-state index in [-0.39, 0.29) is 11.2 Å². The molecule has 0 amide bonds. The molecule has 3 fully saturated rings. The van der Waals surface area contributed by atoms with Gasteiger partial charge in [-0.25, -0.2) is 0 Å². The molecule has 84 valence electrons. The summed E-state index contributed by atoms with van der Waals surface area (Å²) in [6, 6.07) is 10.0. The van der Waals surface area contributed by atoms with Gasteiger partial charge in [-0.1, -0.05) is 30.3 Å². The molecule has 1 unspecified atom stereocenters. The highest BCUT2D eigenvalue weighted by Gasteiger charge is 2.79. The van der Waals surface area contributed by atoms with Crippen molar-refractivity contribution in [2.24, 2.45) is 0 Å². The maximum Gasteiger partial charge on any atom is 0.121 e. The maximum atomic E-state index is 13.0. The molecule has 1 aromatic rings. The largest absolute Gasteiger partial charge is 0.361 e. The zero-order chi connectivity index (χ0) is 10.9. The molecule has 0 radical (unpaired) electrons. The summed E-state index contributed by atoms with van der Waals surface area (Å²) in [7, 11) is -2.15.